The Morgan fingerprint density at radius 1 is 1.32 bits per heavy atom. The predicted octanol–water partition coefficient (Wildman–Crippen LogP) is 2.21. The first-order chi connectivity index (χ1) is 8.99. The standard InChI is InChI=1S/C14H22N4S/c1-11(2)9-15-14(19)17-16-10-12-5-7-13(8-6-12)18(3)4/h5-8,10-11H,9H2,1-4H3,(H2,15,17,19)/b16-10+. The summed E-state index contributed by atoms with van der Waals surface area (Å²) < 4.78 is 0. The molecule has 0 spiro atoms. The van der Waals surface area contributed by atoms with Gasteiger partial charge in [-0.3, -0.25) is 5.43 Å². The molecular formula is C14H22N4S. The number of nitrogens with zero attached hydrogens (tertiary/aromatic N) is 2. The molecule has 0 aliphatic rings. The van der Waals surface area contributed by atoms with Crippen molar-refractivity contribution in [3.63, 3.8) is 0 Å². The van der Waals surface area contributed by atoms with Crippen LogP contribution < -0.4 is 15.6 Å². The molecule has 1 aromatic rings. The highest BCUT2D eigenvalue weighted by Crippen LogP contribution is 2.10. The molecule has 0 aliphatic heterocycles. The van der Waals surface area contributed by atoms with Crippen molar-refractivity contribution in [2.75, 3.05) is 25.5 Å². The summed E-state index contributed by atoms with van der Waals surface area (Å²) in [6.45, 7) is 5.11. The molecule has 4 nitrogen and oxygen atoms in total. The van der Waals surface area contributed by atoms with Gasteiger partial charge in [0.25, 0.3) is 0 Å². The molecule has 1 rings (SSSR count). The highest BCUT2D eigenvalue weighted by atomic mass is 32.1. The van der Waals surface area contributed by atoms with Crippen molar-refractivity contribution in [2.24, 2.45) is 11.0 Å². The van der Waals surface area contributed by atoms with Gasteiger partial charge >= 0.3 is 0 Å². The summed E-state index contributed by atoms with van der Waals surface area (Å²) in [5.74, 6) is 0.558. The van der Waals surface area contributed by atoms with Crippen molar-refractivity contribution in [1.82, 2.24) is 10.7 Å². The Morgan fingerprint density at radius 3 is 2.47 bits per heavy atom. The van der Waals surface area contributed by atoms with E-state index in [4.69, 9.17) is 12.2 Å². The van der Waals surface area contributed by atoms with E-state index in [1.54, 1.807) is 6.21 Å². The van der Waals surface area contributed by atoms with Crippen LogP contribution in [0.5, 0.6) is 0 Å². The smallest absolute Gasteiger partial charge is 0.186 e. The van der Waals surface area contributed by atoms with Crippen molar-refractivity contribution in [3.05, 3.63) is 29.8 Å². The van der Waals surface area contributed by atoms with E-state index >= 15 is 0 Å². The molecule has 1 aromatic carbocycles. The first-order valence-electron chi connectivity index (χ1n) is 6.33. The summed E-state index contributed by atoms with van der Waals surface area (Å²) in [6.07, 6.45) is 1.75. The van der Waals surface area contributed by atoms with E-state index in [1.165, 1.54) is 5.69 Å². The van der Waals surface area contributed by atoms with E-state index in [1.807, 2.05) is 26.2 Å². The average molecular weight is 278 g/mol. The molecule has 0 heterocycles. The second-order valence-corrected chi connectivity index (χ2v) is 5.37. The minimum Gasteiger partial charge on any atom is -0.378 e. The quantitative estimate of drug-likeness (QED) is 0.492. The van der Waals surface area contributed by atoms with Crippen molar-refractivity contribution in [2.45, 2.75) is 13.8 Å². The molecule has 5 heteroatoms. The maximum atomic E-state index is 5.10. The zero-order valence-electron chi connectivity index (χ0n) is 12.0. The van der Waals surface area contributed by atoms with E-state index in [2.05, 4.69) is 46.7 Å². The van der Waals surface area contributed by atoms with Gasteiger partial charge in [0.2, 0.25) is 0 Å². The number of anilines is 1. The van der Waals surface area contributed by atoms with Gasteiger partial charge in [-0.25, -0.2) is 0 Å². The molecule has 0 amide bonds. The Hall–Kier alpha value is -1.62. The molecule has 0 saturated carbocycles. The van der Waals surface area contributed by atoms with Crippen LogP contribution in [0.4, 0.5) is 5.69 Å². The van der Waals surface area contributed by atoms with E-state index < -0.39 is 0 Å². The third-order valence-electron chi connectivity index (χ3n) is 2.46. The van der Waals surface area contributed by atoms with Gasteiger partial charge in [0, 0.05) is 26.3 Å². The largest absolute Gasteiger partial charge is 0.378 e. The van der Waals surface area contributed by atoms with Gasteiger partial charge in [0.15, 0.2) is 5.11 Å². The zero-order valence-corrected chi connectivity index (χ0v) is 12.8. The first kappa shape index (κ1) is 15.4. The average Bonchev–Trinajstić information content (AvgIpc) is 2.37. The minimum absolute atomic E-state index is 0.551. The van der Waals surface area contributed by atoms with Crippen LogP contribution >= 0.6 is 12.2 Å². The van der Waals surface area contributed by atoms with Crippen LogP contribution in [-0.4, -0.2) is 32.0 Å². The Labute approximate surface area is 120 Å². The lowest BCUT2D eigenvalue weighted by atomic mass is 10.2. The summed E-state index contributed by atoms with van der Waals surface area (Å²) in [5.41, 5.74) is 5.00. The number of hydrogen-bond acceptors (Lipinski definition) is 3. The van der Waals surface area contributed by atoms with Crippen molar-refractivity contribution in [1.29, 1.82) is 0 Å². The molecule has 0 atom stereocenters. The first-order valence-corrected chi connectivity index (χ1v) is 6.74. The Bertz CT molecular complexity index is 424. The molecule has 0 aromatic heterocycles. The Morgan fingerprint density at radius 2 is 1.95 bits per heavy atom. The highest BCUT2D eigenvalue weighted by molar-refractivity contribution is 7.80. The summed E-state index contributed by atoms with van der Waals surface area (Å²) in [5, 5.41) is 7.74. The van der Waals surface area contributed by atoms with Crippen LogP contribution in [0.1, 0.15) is 19.4 Å². The summed E-state index contributed by atoms with van der Waals surface area (Å²) in [4.78, 5) is 2.06. The SMILES string of the molecule is CC(C)CNC(=S)N/N=C/c1ccc(N(C)C)cc1. The van der Waals surface area contributed by atoms with Crippen LogP contribution in [0.15, 0.2) is 29.4 Å². The van der Waals surface area contributed by atoms with Gasteiger partial charge in [-0.05, 0) is 35.8 Å². The van der Waals surface area contributed by atoms with E-state index in [0.717, 1.165) is 12.1 Å². The van der Waals surface area contributed by atoms with Gasteiger partial charge in [-0.15, -0.1) is 0 Å². The lowest BCUT2D eigenvalue weighted by molar-refractivity contribution is 0.621. The Balaban J connectivity index is 2.42. The second-order valence-electron chi connectivity index (χ2n) is 4.96. The van der Waals surface area contributed by atoms with Crippen LogP contribution in [0, 0.1) is 5.92 Å². The fraction of sp³-hybridized carbons (Fsp3) is 0.429. The maximum Gasteiger partial charge on any atom is 0.186 e. The van der Waals surface area contributed by atoms with Crippen LogP contribution in [0.25, 0.3) is 0 Å². The number of benzene rings is 1. The van der Waals surface area contributed by atoms with Crippen LogP contribution in [0.2, 0.25) is 0 Å². The Kier molecular flexibility index (Phi) is 6.29. The molecule has 0 saturated heterocycles. The van der Waals surface area contributed by atoms with Gasteiger partial charge in [0.05, 0.1) is 6.21 Å². The number of hydrazone groups is 1. The predicted molar refractivity (Wildman–Crippen MR) is 86.9 cm³/mol. The highest BCUT2D eigenvalue weighted by Gasteiger charge is 1.96. The second kappa shape index (κ2) is 7.74. The van der Waals surface area contributed by atoms with Crippen molar-refractivity contribution in [3.8, 4) is 0 Å². The van der Waals surface area contributed by atoms with E-state index in [9.17, 15) is 0 Å². The molecule has 0 unspecified atom stereocenters. The number of rotatable bonds is 5. The molecule has 0 bridgehead atoms. The topological polar surface area (TPSA) is 39.7 Å². The fourth-order valence-corrected chi connectivity index (χ4v) is 1.50. The number of thiocarbonyl (C=S) groups is 1. The minimum atomic E-state index is 0.551. The normalized spacial score (nSPS) is 10.8. The molecule has 104 valence electrons. The third-order valence-corrected chi connectivity index (χ3v) is 2.70. The fourth-order valence-electron chi connectivity index (χ4n) is 1.36. The maximum absolute atomic E-state index is 5.10. The summed E-state index contributed by atoms with van der Waals surface area (Å²) in [6, 6.07) is 8.14. The van der Waals surface area contributed by atoms with Crippen molar-refractivity contribution >= 4 is 29.2 Å². The summed E-state index contributed by atoms with van der Waals surface area (Å²) >= 11 is 5.10. The van der Waals surface area contributed by atoms with Gasteiger partial charge in [-0.2, -0.15) is 5.10 Å². The number of hydrogen-bond donors (Lipinski definition) is 2. The molecule has 0 radical (unpaired) electrons. The lowest BCUT2D eigenvalue weighted by Gasteiger charge is -2.11. The molecule has 0 aliphatic carbocycles. The molecule has 19 heavy (non-hydrogen) atoms. The molecule has 2 N–H and O–H groups in total. The van der Waals surface area contributed by atoms with Crippen molar-refractivity contribution < 1.29 is 0 Å². The van der Waals surface area contributed by atoms with Gasteiger partial charge < -0.3 is 10.2 Å². The van der Waals surface area contributed by atoms with E-state index in [0.29, 0.717) is 11.0 Å². The van der Waals surface area contributed by atoms with E-state index in [-0.39, 0.29) is 0 Å². The van der Waals surface area contributed by atoms with Gasteiger partial charge in [-0.1, -0.05) is 26.0 Å². The van der Waals surface area contributed by atoms with Crippen LogP contribution in [0.3, 0.4) is 0 Å². The zero-order chi connectivity index (χ0) is 14.3. The molecular weight excluding hydrogens is 256 g/mol. The van der Waals surface area contributed by atoms with Gasteiger partial charge in [0.1, 0.15) is 0 Å². The van der Waals surface area contributed by atoms with Crippen LogP contribution in [-0.2, 0) is 0 Å². The lowest BCUT2D eigenvalue weighted by Crippen LogP contribution is -2.34. The third kappa shape index (κ3) is 6.20. The summed E-state index contributed by atoms with van der Waals surface area (Å²) in [7, 11) is 4.03. The molecule has 0 fully saturated rings. The monoisotopic (exact) mass is 278 g/mol. The number of nitrogens with one attached hydrogen (secondary N) is 2.